The maximum absolute atomic E-state index is 7.04. The van der Waals surface area contributed by atoms with Gasteiger partial charge in [-0.3, -0.25) is 0 Å². The molecule has 1 saturated carbocycles. The van der Waals surface area contributed by atoms with Crippen LogP contribution < -0.4 is 0 Å². The summed E-state index contributed by atoms with van der Waals surface area (Å²) in [7, 11) is 0. The number of hydrogen-bond donors (Lipinski definition) is 1. The van der Waals surface area contributed by atoms with Crippen LogP contribution in [0.1, 0.15) is 32.6 Å². The normalized spacial score (nSPS) is 36.1. The lowest BCUT2D eigenvalue weighted by molar-refractivity contribution is 0.347. The van der Waals surface area contributed by atoms with E-state index in [1.807, 2.05) is 0 Å². The van der Waals surface area contributed by atoms with Crippen molar-refractivity contribution in [1.29, 1.82) is 5.41 Å². The van der Waals surface area contributed by atoms with E-state index in [1.165, 1.54) is 25.7 Å². The van der Waals surface area contributed by atoms with E-state index in [0.717, 1.165) is 5.92 Å². The highest BCUT2D eigenvalue weighted by Gasteiger charge is 2.15. The fourth-order valence-corrected chi connectivity index (χ4v) is 1.45. The van der Waals surface area contributed by atoms with Gasteiger partial charge in [-0.1, -0.05) is 19.8 Å². The number of nitrogens with one attached hydrogen (secondary N) is 1. The Morgan fingerprint density at radius 2 is 1.78 bits per heavy atom. The zero-order chi connectivity index (χ0) is 6.69. The Hall–Kier alpha value is -0.330. The molecule has 52 valence electrons. The second kappa shape index (κ2) is 3.00. The van der Waals surface area contributed by atoms with Crippen LogP contribution in [-0.4, -0.2) is 6.21 Å². The summed E-state index contributed by atoms with van der Waals surface area (Å²) in [6.45, 7) is 2.31. The van der Waals surface area contributed by atoms with Crippen molar-refractivity contribution in [1.82, 2.24) is 0 Å². The second-order valence-corrected chi connectivity index (χ2v) is 3.19. The van der Waals surface area contributed by atoms with Gasteiger partial charge in [0, 0.05) is 0 Å². The van der Waals surface area contributed by atoms with Gasteiger partial charge in [0.25, 0.3) is 0 Å². The Bertz CT molecular complexity index is 90.7. The molecule has 0 bridgehead atoms. The fraction of sp³-hybridized carbons (Fsp3) is 0.875. The lowest BCUT2D eigenvalue weighted by Crippen LogP contribution is -2.12. The van der Waals surface area contributed by atoms with E-state index in [-0.39, 0.29) is 0 Å². The zero-order valence-corrected chi connectivity index (χ0v) is 6.06. The summed E-state index contributed by atoms with van der Waals surface area (Å²) < 4.78 is 0. The molecule has 0 radical (unpaired) electrons. The molecule has 0 aromatic heterocycles. The highest BCUT2D eigenvalue weighted by atomic mass is 14.4. The van der Waals surface area contributed by atoms with Crippen LogP contribution >= 0.6 is 0 Å². The van der Waals surface area contributed by atoms with Crippen LogP contribution in [0, 0.1) is 17.2 Å². The predicted octanol–water partition coefficient (Wildman–Crippen LogP) is 2.46. The van der Waals surface area contributed by atoms with Gasteiger partial charge >= 0.3 is 0 Å². The van der Waals surface area contributed by atoms with Crippen molar-refractivity contribution in [2.24, 2.45) is 11.8 Å². The van der Waals surface area contributed by atoms with Crippen LogP contribution in [0.15, 0.2) is 0 Å². The second-order valence-electron chi connectivity index (χ2n) is 3.19. The molecule has 1 fully saturated rings. The fourth-order valence-electron chi connectivity index (χ4n) is 1.45. The maximum atomic E-state index is 7.04. The van der Waals surface area contributed by atoms with Crippen molar-refractivity contribution >= 4 is 6.21 Å². The lowest BCUT2D eigenvalue weighted by Gasteiger charge is -2.22. The van der Waals surface area contributed by atoms with Gasteiger partial charge in [0.1, 0.15) is 0 Å². The Morgan fingerprint density at radius 3 is 2.22 bits per heavy atom. The highest BCUT2D eigenvalue weighted by molar-refractivity contribution is 5.56. The van der Waals surface area contributed by atoms with Crippen LogP contribution in [0.2, 0.25) is 0 Å². The summed E-state index contributed by atoms with van der Waals surface area (Å²) >= 11 is 0. The molecule has 1 rings (SSSR count). The van der Waals surface area contributed by atoms with Gasteiger partial charge in [-0.25, -0.2) is 0 Å². The molecular weight excluding hydrogens is 110 g/mol. The Balaban J connectivity index is 2.26. The molecule has 0 saturated heterocycles. The van der Waals surface area contributed by atoms with Gasteiger partial charge in [0.2, 0.25) is 0 Å². The Labute approximate surface area is 57.0 Å². The Morgan fingerprint density at radius 1 is 1.22 bits per heavy atom. The minimum atomic E-state index is 0.612. The molecule has 1 aliphatic rings. The van der Waals surface area contributed by atoms with Crippen LogP contribution in [0.3, 0.4) is 0 Å². The first-order valence-electron chi connectivity index (χ1n) is 3.83. The topological polar surface area (TPSA) is 23.9 Å². The molecule has 0 heterocycles. The van der Waals surface area contributed by atoms with Gasteiger partial charge in [-0.2, -0.15) is 0 Å². The number of hydrogen-bond acceptors (Lipinski definition) is 1. The molecular formula is C8H15N. The minimum Gasteiger partial charge on any atom is -0.313 e. The zero-order valence-electron chi connectivity index (χ0n) is 6.06. The first-order chi connectivity index (χ1) is 4.33. The quantitative estimate of drug-likeness (QED) is 0.520. The van der Waals surface area contributed by atoms with E-state index in [1.54, 1.807) is 6.21 Å². The first-order valence-corrected chi connectivity index (χ1v) is 3.83. The SMILES string of the molecule is CC1CCC(C=N)CC1. The minimum absolute atomic E-state index is 0.612. The monoisotopic (exact) mass is 125 g/mol. The molecule has 0 aromatic carbocycles. The summed E-state index contributed by atoms with van der Waals surface area (Å²) in [4.78, 5) is 0. The van der Waals surface area contributed by atoms with Crippen LogP contribution in [0.4, 0.5) is 0 Å². The Kier molecular flexibility index (Phi) is 2.26. The van der Waals surface area contributed by atoms with Gasteiger partial charge < -0.3 is 5.41 Å². The summed E-state index contributed by atoms with van der Waals surface area (Å²) in [6.07, 6.45) is 6.79. The standard InChI is InChI=1S/C8H15N/c1-7-2-4-8(6-9)5-3-7/h6-9H,2-5H2,1H3. The summed E-state index contributed by atoms with van der Waals surface area (Å²) in [6, 6.07) is 0. The van der Waals surface area contributed by atoms with Gasteiger partial charge in [0.05, 0.1) is 0 Å². The maximum Gasteiger partial charge on any atom is -0.00167 e. The molecule has 0 aliphatic heterocycles. The van der Waals surface area contributed by atoms with Gasteiger partial charge in [-0.05, 0) is 30.9 Å². The molecule has 0 atom stereocenters. The highest BCUT2D eigenvalue weighted by Crippen LogP contribution is 2.26. The largest absolute Gasteiger partial charge is 0.313 e. The molecule has 1 aliphatic carbocycles. The van der Waals surface area contributed by atoms with E-state index in [2.05, 4.69) is 6.92 Å². The molecule has 0 amide bonds. The molecule has 1 N–H and O–H groups in total. The summed E-state index contributed by atoms with van der Waals surface area (Å²) in [5.41, 5.74) is 0. The molecule has 0 aromatic rings. The van der Waals surface area contributed by atoms with E-state index in [9.17, 15) is 0 Å². The van der Waals surface area contributed by atoms with E-state index in [0.29, 0.717) is 5.92 Å². The predicted molar refractivity (Wildman–Crippen MR) is 39.9 cm³/mol. The third-order valence-electron chi connectivity index (χ3n) is 2.30. The average Bonchev–Trinajstić information content (AvgIpc) is 1.90. The smallest absolute Gasteiger partial charge is 0.00167 e. The van der Waals surface area contributed by atoms with E-state index >= 15 is 0 Å². The molecule has 1 heteroatoms. The molecule has 1 nitrogen and oxygen atoms in total. The van der Waals surface area contributed by atoms with Crippen LogP contribution in [0.25, 0.3) is 0 Å². The molecule has 0 spiro atoms. The van der Waals surface area contributed by atoms with E-state index in [4.69, 9.17) is 5.41 Å². The van der Waals surface area contributed by atoms with E-state index < -0.39 is 0 Å². The van der Waals surface area contributed by atoms with Crippen molar-refractivity contribution in [2.75, 3.05) is 0 Å². The van der Waals surface area contributed by atoms with Gasteiger partial charge in [0.15, 0.2) is 0 Å². The average molecular weight is 125 g/mol. The van der Waals surface area contributed by atoms with Gasteiger partial charge in [-0.15, -0.1) is 0 Å². The molecule has 9 heavy (non-hydrogen) atoms. The van der Waals surface area contributed by atoms with Crippen molar-refractivity contribution in [3.63, 3.8) is 0 Å². The number of rotatable bonds is 1. The van der Waals surface area contributed by atoms with Crippen molar-refractivity contribution < 1.29 is 0 Å². The van der Waals surface area contributed by atoms with Crippen molar-refractivity contribution in [3.05, 3.63) is 0 Å². The summed E-state index contributed by atoms with van der Waals surface area (Å²) in [5.74, 6) is 1.53. The summed E-state index contributed by atoms with van der Waals surface area (Å²) in [5, 5.41) is 7.04. The van der Waals surface area contributed by atoms with Crippen molar-refractivity contribution in [3.8, 4) is 0 Å². The lowest BCUT2D eigenvalue weighted by atomic mass is 9.84. The third kappa shape index (κ3) is 1.81. The molecule has 0 unspecified atom stereocenters. The third-order valence-corrected chi connectivity index (χ3v) is 2.30. The first kappa shape index (κ1) is 6.79. The van der Waals surface area contributed by atoms with Crippen LogP contribution in [0.5, 0.6) is 0 Å². The van der Waals surface area contributed by atoms with Crippen molar-refractivity contribution in [2.45, 2.75) is 32.6 Å². The van der Waals surface area contributed by atoms with Crippen LogP contribution in [-0.2, 0) is 0 Å².